The molecule has 20 heavy (non-hydrogen) atoms. The molecule has 0 aliphatic rings. The van der Waals surface area contributed by atoms with E-state index < -0.39 is 16.0 Å². The first-order valence-corrected chi connectivity index (χ1v) is 7.35. The third-order valence-electron chi connectivity index (χ3n) is 2.85. The van der Waals surface area contributed by atoms with Crippen molar-refractivity contribution in [2.75, 3.05) is 13.1 Å². The van der Waals surface area contributed by atoms with E-state index in [1.165, 1.54) is 30.3 Å². The van der Waals surface area contributed by atoms with Gasteiger partial charge in [-0.3, -0.25) is 0 Å². The van der Waals surface area contributed by atoms with Crippen molar-refractivity contribution in [3.8, 4) is 0 Å². The summed E-state index contributed by atoms with van der Waals surface area (Å²) in [5, 5.41) is 9.04. The van der Waals surface area contributed by atoms with Crippen molar-refractivity contribution >= 4 is 16.0 Å². The van der Waals surface area contributed by atoms with Gasteiger partial charge in [0.25, 0.3) is 0 Å². The zero-order valence-corrected chi connectivity index (χ0v) is 12.3. The van der Waals surface area contributed by atoms with Gasteiger partial charge in [0.1, 0.15) is 10.6 Å². The van der Waals surface area contributed by atoms with Crippen molar-refractivity contribution in [3.63, 3.8) is 0 Å². The fourth-order valence-corrected chi connectivity index (χ4v) is 3.81. The summed E-state index contributed by atoms with van der Waals surface area (Å²) in [4.78, 5) is 13.7. The molecule has 1 heterocycles. The van der Waals surface area contributed by atoms with Crippen LogP contribution in [0.25, 0.3) is 0 Å². The first-order chi connectivity index (χ1) is 9.27. The molecule has 0 aliphatic carbocycles. The van der Waals surface area contributed by atoms with Crippen LogP contribution >= 0.6 is 0 Å². The normalized spacial score (nSPS) is 11.6. The fourth-order valence-electron chi connectivity index (χ4n) is 2.02. The SMILES string of the molecule is C=CCN(CC=C)S(=O)(=O)c1c(C)[nH]c(C(=O)O)c1C. The maximum absolute atomic E-state index is 12.6. The maximum atomic E-state index is 12.6. The van der Waals surface area contributed by atoms with E-state index in [9.17, 15) is 13.2 Å². The first-order valence-electron chi connectivity index (χ1n) is 5.91. The molecule has 0 atom stereocenters. The highest BCUT2D eigenvalue weighted by Crippen LogP contribution is 2.26. The van der Waals surface area contributed by atoms with Gasteiger partial charge in [-0.05, 0) is 13.8 Å². The number of sulfonamides is 1. The molecule has 0 saturated carbocycles. The Labute approximate surface area is 118 Å². The van der Waals surface area contributed by atoms with E-state index in [2.05, 4.69) is 18.1 Å². The second kappa shape index (κ2) is 6.06. The number of rotatable bonds is 7. The average molecular weight is 298 g/mol. The molecule has 6 nitrogen and oxygen atoms in total. The predicted molar refractivity (Wildman–Crippen MR) is 76.4 cm³/mol. The van der Waals surface area contributed by atoms with E-state index in [0.717, 1.165) is 0 Å². The molecule has 2 N–H and O–H groups in total. The van der Waals surface area contributed by atoms with Crippen LogP contribution < -0.4 is 0 Å². The van der Waals surface area contributed by atoms with Gasteiger partial charge in [-0.25, -0.2) is 13.2 Å². The van der Waals surface area contributed by atoms with Crippen LogP contribution in [0, 0.1) is 13.8 Å². The summed E-state index contributed by atoms with van der Waals surface area (Å²) in [7, 11) is -3.80. The summed E-state index contributed by atoms with van der Waals surface area (Å²) in [5.41, 5.74) is 0.393. The lowest BCUT2D eigenvalue weighted by Crippen LogP contribution is -2.32. The largest absolute Gasteiger partial charge is 0.477 e. The van der Waals surface area contributed by atoms with Crippen molar-refractivity contribution in [1.82, 2.24) is 9.29 Å². The van der Waals surface area contributed by atoms with E-state index in [0.29, 0.717) is 5.69 Å². The standard InChI is InChI=1S/C13H18N2O4S/c1-5-7-15(8-6-2)20(18,19)12-9(3)11(13(16)17)14-10(12)4/h5-6,14H,1-2,7-8H2,3-4H3,(H,16,17). The lowest BCUT2D eigenvalue weighted by atomic mass is 10.2. The minimum Gasteiger partial charge on any atom is -0.477 e. The number of H-pyrrole nitrogens is 1. The predicted octanol–water partition coefficient (Wildman–Crippen LogP) is 1.69. The highest BCUT2D eigenvalue weighted by Gasteiger charge is 2.30. The summed E-state index contributed by atoms with van der Waals surface area (Å²) in [6, 6.07) is 0. The molecule has 7 heteroatoms. The monoisotopic (exact) mass is 298 g/mol. The van der Waals surface area contributed by atoms with Gasteiger partial charge in [-0.2, -0.15) is 4.31 Å². The molecule has 0 aromatic carbocycles. The second-order valence-electron chi connectivity index (χ2n) is 4.28. The van der Waals surface area contributed by atoms with E-state index in [4.69, 9.17) is 5.11 Å². The number of hydrogen-bond acceptors (Lipinski definition) is 3. The quantitative estimate of drug-likeness (QED) is 0.749. The minimum atomic E-state index is -3.80. The van der Waals surface area contributed by atoms with Gasteiger partial charge in [-0.1, -0.05) is 12.2 Å². The molecule has 0 aliphatic heterocycles. The molecule has 0 radical (unpaired) electrons. The van der Waals surface area contributed by atoms with Gasteiger partial charge < -0.3 is 10.1 Å². The Kier molecular flexibility index (Phi) is 4.91. The minimum absolute atomic E-state index is 0.00130. The molecule has 0 fully saturated rings. The fraction of sp³-hybridized carbons (Fsp3) is 0.308. The molecular weight excluding hydrogens is 280 g/mol. The number of nitrogens with one attached hydrogen (secondary N) is 1. The molecule has 1 aromatic rings. The molecule has 0 bridgehead atoms. The Hall–Kier alpha value is -1.86. The number of aromatic carboxylic acids is 1. The number of carboxylic acid groups (broad SMARTS) is 1. The highest BCUT2D eigenvalue weighted by molar-refractivity contribution is 7.89. The zero-order valence-electron chi connectivity index (χ0n) is 11.5. The van der Waals surface area contributed by atoms with Crippen LogP contribution in [0.1, 0.15) is 21.7 Å². The Morgan fingerprint density at radius 1 is 1.30 bits per heavy atom. The van der Waals surface area contributed by atoms with Gasteiger partial charge in [0.15, 0.2) is 0 Å². The molecule has 110 valence electrons. The molecule has 0 unspecified atom stereocenters. The topological polar surface area (TPSA) is 90.5 Å². The van der Waals surface area contributed by atoms with Crippen LogP contribution in [0.4, 0.5) is 0 Å². The third kappa shape index (κ3) is 2.83. The summed E-state index contributed by atoms with van der Waals surface area (Å²) in [6.45, 7) is 10.3. The lowest BCUT2D eigenvalue weighted by Gasteiger charge is -2.19. The van der Waals surface area contributed by atoms with Gasteiger partial charge in [0, 0.05) is 24.3 Å². The van der Waals surface area contributed by atoms with Gasteiger partial charge in [0.2, 0.25) is 10.0 Å². The van der Waals surface area contributed by atoms with Crippen LogP contribution in [-0.4, -0.2) is 41.9 Å². The number of carboxylic acids is 1. The van der Waals surface area contributed by atoms with Crippen LogP contribution in [0.3, 0.4) is 0 Å². The van der Waals surface area contributed by atoms with E-state index in [-0.39, 0.29) is 29.2 Å². The van der Waals surface area contributed by atoms with Crippen molar-refractivity contribution in [3.05, 3.63) is 42.3 Å². The van der Waals surface area contributed by atoms with E-state index in [1.54, 1.807) is 0 Å². The van der Waals surface area contributed by atoms with Crippen LogP contribution in [0.2, 0.25) is 0 Å². The zero-order chi connectivity index (χ0) is 15.5. The Bertz CT molecular complexity index is 634. The van der Waals surface area contributed by atoms with Crippen molar-refractivity contribution < 1.29 is 18.3 Å². The molecular formula is C13H18N2O4S. The lowest BCUT2D eigenvalue weighted by molar-refractivity contribution is 0.0690. The van der Waals surface area contributed by atoms with Gasteiger partial charge in [0.05, 0.1) is 0 Å². The first kappa shape index (κ1) is 16.2. The summed E-state index contributed by atoms with van der Waals surface area (Å²) in [6.07, 6.45) is 2.94. The highest BCUT2D eigenvalue weighted by atomic mass is 32.2. The van der Waals surface area contributed by atoms with E-state index >= 15 is 0 Å². The van der Waals surface area contributed by atoms with Crippen LogP contribution in [0.5, 0.6) is 0 Å². The number of carbonyl (C=O) groups is 1. The summed E-state index contributed by atoms with van der Waals surface area (Å²) < 4.78 is 26.4. The van der Waals surface area contributed by atoms with Gasteiger partial charge in [-0.15, -0.1) is 13.2 Å². The number of aryl methyl sites for hydroxylation is 1. The Morgan fingerprint density at radius 3 is 2.15 bits per heavy atom. The Morgan fingerprint density at radius 2 is 1.80 bits per heavy atom. The molecule has 0 saturated heterocycles. The Balaban J connectivity index is 3.44. The van der Waals surface area contributed by atoms with Crippen molar-refractivity contribution in [2.45, 2.75) is 18.7 Å². The van der Waals surface area contributed by atoms with E-state index in [1.807, 2.05) is 0 Å². The van der Waals surface area contributed by atoms with Gasteiger partial charge >= 0.3 is 5.97 Å². The van der Waals surface area contributed by atoms with Crippen LogP contribution in [0.15, 0.2) is 30.2 Å². The smallest absolute Gasteiger partial charge is 0.352 e. The van der Waals surface area contributed by atoms with Crippen molar-refractivity contribution in [1.29, 1.82) is 0 Å². The third-order valence-corrected chi connectivity index (χ3v) is 4.95. The second-order valence-corrected chi connectivity index (χ2v) is 6.16. The van der Waals surface area contributed by atoms with Crippen LogP contribution in [-0.2, 0) is 10.0 Å². The molecule has 0 spiro atoms. The summed E-state index contributed by atoms with van der Waals surface area (Å²) >= 11 is 0. The van der Waals surface area contributed by atoms with Crippen molar-refractivity contribution in [2.24, 2.45) is 0 Å². The maximum Gasteiger partial charge on any atom is 0.352 e. The molecule has 1 rings (SSSR count). The molecule has 0 amide bonds. The summed E-state index contributed by atoms with van der Waals surface area (Å²) in [5.74, 6) is -1.19. The number of aromatic amines is 1. The number of nitrogens with zero attached hydrogens (tertiary/aromatic N) is 1. The molecule has 1 aromatic heterocycles. The average Bonchev–Trinajstić information content (AvgIpc) is 2.65. The number of hydrogen-bond donors (Lipinski definition) is 2. The number of aromatic nitrogens is 1.